The van der Waals surface area contributed by atoms with Crippen LogP contribution >= 0.6 is 11.3 Å². The zero-order valence-corrected chi connectivity index (χ0v) is 15.9. The van der Waals surface area contributed by atoms with Crippen molar-refractivity contribution in [3.05, 3.63) is 29.3 Å². The summed E-state index contributed by atoms with van der Waals surface area (Å²) in [5.74, 6) is -0.557. The fraction of sp³-hybridized carbons (Fsp3) is 0.526. The Morgan fingerprint density at radius 2 is 2.00 bits per heavy atom. The molecule has 26 heavy (non-hydrogen) atoms. The Hall–Kier alpha value is -1.83. The maximum atomic E-state index is 12.9. The maximum absolute atomic E-state index is 12.9. The van der Waals surface area contributed by atoms with E-state index in [1.807, 2.05) is 31.2 Å². The van der Waals surface area contributed by atoms with E-state index in [1.54, 1.807) is 0 Å². The first-order chi connectivity index (χ1) is 12.6. The number of amides is 1. The standard InChI is InChI=1S/C19H27N3O3S/c1-13(7-6-12-23)18(25)21-15(9-4-5-11-20)17(24)19-22-14-8-2-3-10-16(14)26-19/h2-3,8,10,13,15,23H,4-7,9,11-12,20H2,1H3,(H,21,25)/t13?,15-/m0/s1. The number of para-hydroxylation sites is 1. The molecule has 0 aliphatic rings. The Morgan fingerprint density at radius 1 is 1.23 bits per heavy atom. The number of aliphatic hydroxyl groups is 1. The van der Waals surface area contributed by atoms with E-state index in [0.29, 0.717) is 30.8 Å². The molecule has 0 aliphatic carbocycles. The van der Waals surface area contributed by atoms with Crippen molar-refractivity contribution in [2.45, 2.75) is 45.1 Å². The molecule has 2 rings (SSSR count). The molecule has 1 heterocycles. The van der Waals surface area contributed by atoms with Crippen LogP contribution in [-0.4, -0.2) is 41.0 Å². The predicted octanol–water partition coefficient (Wildman–Crippen LogP) is 2.50. The topological polar surface area (TPSA) is 105 Å². The van der Waals surface area contributed by atoms with Crippen LogP contribution in [0.25, 0.3) is 10.2 Å². The lowest BCUT2D eigenvalue weighted by atomic mass is 10.0. The monoisotopic (exact) mass is 377 g/mol. The van der Waals surface area contributed by atoms with Crippen molar-refractivity contribution >= 4 is 33.2 Å². The van der Waals surface area contributed by atoms with E-state index in [0.717, 1.165) is 23.1 Å². The van der Waals surface area contributed by atoms with Gasteiger partial charge in [0.2, 0.25) is 11.7 Å². The minimum Gasteiger partial charge on any atom is -0.396 e. The Balaban J connectivity index is 2.11. The molecule has 1 unspecified atom stereocenters. The predicted molar refractivity (Wildman–Crippen MR) is 104 cm³/mol. The Labute approximate surface area is 157 Å². The number of ketones is 1. The van der Waals surface area contributed by atoms with Gasteiger partial charge in [-0.1, -0.05) is 19.1 Å². The van der Waals surface area contributed by atoms with E-state index in [-0.39, 0.29) is 24.2 Å². The molecule has 7 heteroatoms. The first-order valence-corrected chi connectivity index (χ1v) is 9.89. The molecule has 6 nitrogen and oxygen atoms in total. The molecular formula is C19H27N3O3S. The molecule has 1 amide bonds. The van der Waals surface area contributed by atoms with E-state index in [4.69, 9.17) is 10.8 Å². The summed E-state index contributed by atoms with van der Waals surface area (Å²) in [6.07, 6.45) is 3.28. The number of nitrogens with two attached hydrogens (primary N) is 1. The zero-order chi connectivity index (χ0) is 18.9. The normalized spacial score (nSPS) is 13.5. The third-order valence-corrected chi connectivity index (χ3v) is 5.38. The summed E-state index contributed by atoms with van der Waals surface area (Å²) in [4.78, 5) is 29.8. The summed E-state index contributed by atoms with van der Waals surface area (Å²) in [6.45, 7) is 2.43. The summed E-state index contributed by atoms with van der Waals surface area (Å²) >= 11 is 1.35. The van der Waals surface area contributed by atoms with Crippen LogP contribution in [0.1, 0.15) is 48.8 Å². The molecule has 1 aromatic heterocycles. The Bertz CT molecular complexity index is 699. The number of thiazole rings is 1. The average molecular weight is 378 g/mol. The van der Waals surface area contributed by atoms with E-state index in [2.05, 4.69) is 10.3 Å². The molecular weight excluding hydrogens is 350 g/mol. The zero-order valence-electron chi connectivity index (χ0n) is 15.1. The van der Waals surface area contributed by atoms with Crippen molar-refractivity contribution in [1.82, 2.24) is 10.3 Å². The molecule has 0 spiro atoms. The van der Waals surface area contributed by atoms with Crippen LogP contribution < -0.4 is 11.1 Å². The maximum Gasteiger partial charge on any atom is 0.223 e. The van der Waals surface area contributed by atoms with Crippen molar-refractivity contribution in [3.63, 3.8) is 0 Å². The minimum absolute atomic E-state index is 0.0577. The fourth-order valence-electron chi connectivity index (χ4n) is 2.73. The molecule has 0 saturated carbocycles. The summed E-state index contributed by atoms with van der Waals surface area (Å²) in [5, 5.41) is 12.2. The largest absolute Gasteiger partial charge is 0.396 e. The molecule has 0 bridgehead atoms. The number of Topliss-reactive ketones (excluding diaryl/α,β-unsaturated/α-hetero) is 1. The van der Waals surface area contributed by atoms with Gasteiger partial charge in [0.1, 0.15) is 0 Å². The van der Waals surface area contributed by atoms with Crippen molar-refractivity contribution in [2.75, 3.05) is 13.2 Å². The summed E-state index contributed by atoms with van der Waals surface area (Å²) in [5.41, 5.74) is 6.35. The van der Waals surface area contributed by atoms with Crippen LogP contribution in [0.2, 0.25) is 0 Å². The number of nitrogens with one attached hydrogen (secondary N) is 1. The number of carbonyl (C=O) groups excluding carboxylic acids is 2. The van der Waals surface area contributed by atoms with Gasteiger partial charge < -0.3 is 16.2 Å². The first-order valence-electron chi connectivity index (χ1n) is 9.08. The van der Waals surface area contributed by atoms with Gasteiger partial charge in [-0.15, -0.1) is 11.3 Å². The van der Waals surface area contributed by atoms with Gasteiger partial charge in [0.05, 0.1) is 16.3 Å². The molecule has 2 atom stereocenters. The van der Waals surface area contributed by atoms with E-state index in [1.165, 1.54) is 11.3 Å². The number of rotatable bonds is 11. The van der Waals surface area contributed by atoms with E-state index in [9.17, 15) is 9.59 Å². The highest BCUT2D eigenvalue weighted by molar-refractivity contribution is 7.20. The third kappa shape index (κ3) is 5.59. The summed E-state index contributed by atoms with van der Waals surface area (Å²) in [6, 6.07) is 7.02. The van der Waals surface area contributed by atoms with Gasteiger partial charge in [-0.05, 0) is 50.8 Å². The number of hydrogen-bond donors (Lipinski definition) is 3. The number of hydrogen-bond acceptors (Lipinski definition) is 6. The number of aromatic nitrogens is 1. The Kier molecular flexibility index (Phi) is 8.15. The molecule has 4 N–H and O–H groups in total. The van der Waals surface area contributed by atoms with Crippen LogP contribution in [0.3, 0.4) is 0 Å². The highest BCUT2D eigenvalue weighted by atomic mass is 32.1. The average Bonchev–Trinajstić information content (AvgIpc) is 3.08. The molecule has 142 valence electrons. The van der Waals surface area contributed by atoms with Gasteiger partial charge in [-0.25, -0.2) is 4.98 Å². The second-order valence-electron chi connectivity index (χ2n) is 6.46. The highest BCUT2D eigenvalue weighted by Crippen LogP contribution is 2.23. The number of fused-ring (bicyclic) bond motifs is 1. The minimum atomic E-state index is -0.591. The molecule has 0 fully saturated rings. The lowest BCUT2D eigenvalue weighted by molar-refractivity contribution is -0.125. The van der Waals surface area contributed by atoms with Crippen LogP contribution in [0, 0.1) is 5.92 Å². The van der Waals surface area contributed by atoms with Crippen molar-refractivity contribution in [2.24, 2.45) is 11.7 Å². The van der Waals surface area contributed by atoms with Gasteiger partial charge >= 0.3 is 0 Å². The second-order valence-corrected chi connectivity index (χ2v) is 7.49. The smallest absolute Gasteiger partial charge is 0.223 e. The van der Waals surface area contributed by atoms with Crippen LogP contribution in [0.15, 0.2) is 24.3 Å². The van der Waals surface area contributed by atoms with Gasteiger partial charge in [-0.2, -0.15) is 0 Å². The van der Waals surface area contributed by atoms with Gasteiger partial charge in [-0.3, -0.25) is 9.59 Å². The SMILES string of the molecule is CC(CCCO)C(=O)N[C@@H](CCCCN)C(=O)c1nc2ccccc2s1. The fourth-order valence-corrected chi connectivity index (χ4v) is 3.69. The van der Waals surface area contributed by atoms with E-state index < -0.39 is 6.04 Å². The van der Waals surface area contributed by atoms with Crippen LogP contribution in [0.5, 0.6) is 0 Å². The summed E-state index contributed by atoms with van der Waals surface area (Å²) < 4.78 is 0.958. The number of nitrogens with zero attached hydrogens (tertiary/aromatic N) is 1. The number of benzene rings is 1. The van der Waals surface area contributed by atoms with Crippen molar-refractivity contribution in [1.29, 1.82) is 0 Å². The molecule has 1 aromatic carbocycles. The highest BCUT2D eigenvalue weighted by Gasteiger charge is 2.26. The van der Waals surface area contributed by atoms with Gasteiger partial charge in [0.15, 0.2) is 5.01 Å². The molecule has 0 aliphatic heterocycles. The lowest BCUT2D eigenvalue weighted by Crippen LogP contribution is -2.43. The van der Waals surface area contributed by atoms with E-state index >= 15 is 0 Å². The van der Waals surface area contributed by atoms with Gasteiger partial charge in [0, 0.05) is 12.5 Å². The Morgan fingerprint density at radius 3 is 2.69 bits per heavy atom. The van der Waals surface area contributed by atoms with Gasteiger partial charge in [0.25, 0.3) is 0 Å². The number of aliphatic hydroxyl groups excluding tert-OH is 1. The molecule has 2 aromatic rings. The summed E-state index contributed by atoms with van der Waals surface area (Å²) in [7, 11) is 0. The third-order valence-electron chi connectivity index (χ3n) is 4.33. The second kappa shape index (κ2) is 10.4. The molecule has 0 saturated heterocycles. The lowest BCUT2D eigenvalue weighted by Gasteiger charge is -2.19. The number of carbonyl (C=O) groups is 2. The quantitative estimate of drug-likeness (QED) is 0.412. The van der Waals surface area contributed by atoms with Crippen molar-refractivity contribution < 1.29 is 14.7 Å². The van der Waals surface area contributed by atoms with Crippen molar-refractivity contribution in [3.8, 4) is 0 Å². The van der Waals surface area contributed by atoms with Crippen LogP contribution in [-0.2, 0) is 4.79 Å². The van der Waals surface area contributed by atoms with Crippen LogP contribution in [0.4, 0.5) is 0 Å². The first kappa shape index (κ1) is 20.5. The molecule has 0 radical (unpaired) electrons. The number of unbranched alkanes of at least 4 members (excludes halogenated alkanes) is 1.